The van der Waals surface area contributed by atoms with Crippen LogP contribution >= 0.6 is 0 Å². The Hall–Kier alpha value is -5.84. The van der Waals surface area contributed by atoms with Crippen LogP contribution in [0.1, 0.15) is 26.3 Å². The maximum Gasteiger partial charge on any atom is 0.135 e. The second-order valence-corrected chi connectivity index (χ2v) is 14.7. The summed E-state index contributed by atoms with van der Waals surface area (Å²) >= 11 is 0. The first-order valence-electron chi connectivity index (χ1n) is 17.9. The third kappa shape index (κ3) is 5.39. The van der Waals surface area contributed by atoms with Crippen LogP contribution in [0.4, 0.5) is 22.7 Å². The fourth-order valence-electron chi connectivity index (χ4n) is 7.81. The first-order valence-corrected chi connectivity index (χ1v) is 17.9. The molecular formula is C47H36N5OPt-3. The quantitative estimate of drug-likeness (QED) is 0.161. The van der Waals surface area contributed by atoms with Gasteiger partial charge >= 0.3 is 0 Å². The molecule has 268 valence electrons. The maximum atomic E-state index is 6.61. The van der Waals surface area contributed by atoms with Crippen molar-refractivity contribution in [2.45, 2.75) is 26.2 Å². The van der Waals surface area contributed by atoms with Crippen molar-refractivity contribution in [1.82, 2.24) is 14.1 Å². The molecular weight excluding hydrogens is 846 g/mol. The van der Waals surface area contributed by atoms with Crippen LogP contribution in [0.3, 0.4) is 0 Å². The summed E-state index contributed by atoms with van der Waals surface area (Å²) in [6, 6.07) is 53.7. The van der Waals surface area contributed by atoms with Gasteiger partial charge in [0.15, 0.2) is 0 Å². The predicted molar refractivity (Wildman–Crippen MR) is 217 cm³/mol. The van der Waals surface area contributed by atoms with Crippen LogP contribution in [-0.4, -0.2) is 14.1 Å². The third-order valence-electron chi connectivity index (χ3n) is 10.4. The minimum absolute atomic E-state index is 0. The number of fused-ring (bicyclic) bond motifs is 8. The summed E-state index contributed by atoms with van der Waals surface area (Å²) in [4.78, 5) is 9.32. The topological polar surface area (TPSA) is 38.5 Å². The minimum atomic E-state index is -0.0138. The molecule has 0 amide bonds. The van der Waals surface area contributed by atoms with Crippen molar-refractivity contribution in [1.29, 1.82) is 0 Å². The number of nitrogens with zero attached hydrogens (tertiary/aromatic N) is 5. The number of hydrogen-bond donors (Lipinski definition) is 0. The van der Waals surface area contributed by atoms with E-state index in [-0.39, 0.29) is 26.5 Å². The van der Waals surface area contributed by atoms with Gasteiger partial charge in [-0.25, -0.2) is 4.98 Å². The summed E-state index contributed by atoms with van der Waals surface area (Å²) in [6.07, 6.45) is 1.90. The van der Waals surface area contributed by atoms with Crippen LogP contribution in [0.5, 0.6) is 11.5 Å². The number of benzene rings is 6. The van der Waals surface area contributed by atoms with Gasteiger partial charge in [0, 0.05) is 84.7 Å². The van der Waals surface area contributed by atoms with E-state index in [1.807, 2.05) is 30.5 Å². The van der Waals surface area contributed by atoms with Crippen LogP contribution in [0, 0.1) is 18.8 Å². The van der Waals surface area contributed by atoms with Crippen LogP contribution in [0.2, 0.25) is 0 Å². The molecule has 54 heavy (non-hydrogen) atoms. The van der Waals surface area contributed by atoms with E-state index in [1.54, 1.807) is 0 Å². The Morgan fingerprint density at radius 2 is 1.39 bits per heavy atom. The molecule has 0 fully saturated rings. The van der Waals surface area contributed by atoms with Gasteiger partial charge in [0.2, 0.25) is 0 Å². The summed E-state index contributed by atoms with van der Waals surface area (Å²) in [6.45, 7) is 8.83. The summed E-state index contributed by atoms with van der Waals surface area (Å²) < 4.78 is 11.1. The molecule has 0 saturated carbocycles. The Bertz CT molecular complexity index is 2870. The second kappa shape index (κ2) is 12.9. The molecule has 0 radical (unpaired) electrons. The molecule has 0 unspecified atom stereocenters. The molecule has 6 aromatic carbocycles. The average molecular weight is 882 g/mol. The molecule has 3 aromatic heterocycles. The van der Waals surface area contributed by atoms with E-state index >= 15 is 0 Å². The molecule has 0 aliphatic carbocycles. The first-order chi connectivity index (χ1) is 25.8. The van der Waals surface area contributed by atoms with Crippen molar-refractivity contribution < 1.29 is 25.8 Å². The Balaban J connectivity index is 0.00000384. The van der Waals surface area contributed by atoms with Gasteiger partial charge in [0.05, 0.1) is 5.52 Å². The fourth-order valence-corrected chi connectivity index (χ4v) is 7.81. The molecule has 0 saturated heterocycles. The van der Waals surface area contributed by atoms with Crippen molar-refractivity contribution >= 4 is 66.4 Å². The average Bonchev–Trinajstić information content (AvgIpc) is 3.83. The normalized spacial score (nSPS) is 12.9. The van der Waals surface area contributed by atoms with Gasteiger partial charge in [-0.05, 0) is 64.9 Å². The SMILES string of the molecule is Cn1c2ccccc2c2c3c(ccc21)N(c1ccccc1)[CH-]N3c1[c-]c(Oc2[c-]c3c(cc2)c2ccccc2n3-c2cc(C(C)(C)C)ccn2)ccc1.[Pt]. The predicted octanol–water partition coefficient (Wildman–Crippen LogP) is 11.9. The number of para-hydroxylation sites is 3. The number of rotatable bonds is 5. The molecule has 1 aliphatic heterocycles. The van der Waals surface area contributed by atoms with Crippen LogP contribution in [0.15, 0.2) is 140 Å². The van der Waals surface area contributed by atoms with Crippen LogP contribution in [0.25, 0.3) is 49.4 Å². The van der Waals surface area contributed by atoms with E-state index in [0.717, 1.165) is 50.4 Å². The van der Waals surface area contributed by atoms with E-state index in [0.29, 0.717) is 11.5 Å². The molecule has 0 atom stereocenters. The van der Waals surface area contributed by atoms with Gasteiger partial charge in [-0.2, -0.15) is 12.1 Å². The van der Waals surface area contributed by atoms with Crippen molar-refractivity contribution in [3.05, 3.63) is 164 Å². The molecule has 0 bridgehead atoms. The van der Waals surface area contributed by atoms with Crippen LogP contribution < -0.4 is 14.5 Å². The molecule has 7 heteroatoms. The molecule has 4 heterocycles. The number of ether oxygens (including phenoxy) is 1. The smallest absolute Gasteiger partial charge is 0.135 e. The van der Waals surface area contributed by atoms with Gasteiger partial charge in [-0.3, -0.25) is 0 Å². The zero-order chi connectivity index (χ0) is 35.8. The van der Waals surface area contributed by atoms with Gasteiger partial charge in [0.1, 0.15) is 5.82 Å². The Morgan fingerprint density at radius 3 is 2.20 bits per heavy atom. The van der Waals surface area contributed by atoms with Gasteiger partial charge in [-0.15, -0.1) is 48.1 Å². The van der Waals surface area contributed by atoms with Gasteiger partial charge in [0.25, 0.3) is 0 Å². The number of aromatic nitrogens is 3. The molecule has 1 aliphatic rings. The van der Waals surface area contributed by atoms with Gasteiger partial charge < -0.3 is 23.7 Å². The number of aryl methyl sites for hydroxylation is 1. The third-order valence-corrected chi connectivity index (χ3v) is 10.4. The van der Waals surface area contributed by atoms with Crippen molar-refractivity contribution in [2.24, 2.45) is 7.05 Å². The largest absolute Gasteiger partial charge is 0.509 e. The standard InChI is InChI=1S/C47H36N5O.Pt/c1-47(2,3)31-25-26-48-44(27-31)52-40-20-11-8-17-36(40)37-22-21-35(29-43(37)52)53-34-16-12-15-33(28-34)51-30-50(32-13-6-5-7-14-32)42-24-23-41-45(46(42)51)38-18-9-10-19-39(38)49(41)4;/h5-27,30H,1-4H3;/q-3;. The molecule has 0 N–H and O–H groups in total. The summed E-state index contributed by atoms with van der Waals surface area (Å²) in [5, 5.41) is 4.65. The molecule has 9 aromatic rings. The monoisotopic (exact) mass is 881 g/mol. The number of hydrogen-bond acceptors (Lipinski definition) is 4. The Labute approximate surface area is 329 Å². The van der Waals surface area contributed by atoms with Crippen molar-refractivity contribution in [3.8, 4) is 17.3 Å². The van der Waals surface area contributed by atoms with Crippen molar-refractivity contribution in [2.75, 3.05) is 9.80 Å². The molecule has 6 nitrogen and oxygen atoms in total. The summed E-state index contributed by atoms with van der Waals surface area (Å²) in [7, 11) is 2.14. The van der Waals surface area contributed by atoms with E-state index in [9.17, 15) is 0 Å². The minimum Gasteiger partial charge on any atom is -0.509 e. The molecule has 10 rings (SSSR count). The number of pyridine rings is 1. The number of anilines is 4. The second-order valence-electron chi connectivity index (χ2n) is 14.7. The van der Waals surface area contributed by atoms with E-state index in [4.69, 9.17) is 9.72 Å². The van der Waals surface area contributed by atoms with E-state index in [2.05, 4.69) is 175 Å². The molecule has 0 spiro atoms. The zero-order valence-electron chi connectivity index (χ0n) is 30.3. The van der Waals surface area contributed by atoms with Crippen molar-refractivity contribution in [3.63, 3.8) is 0 Å². The maximum absolute atomic E-state index is 6.61. The van der Waals surface area contributed by atoms with E-state index < -0.39 is 0 Å². The first kappa shape index (κ1) is 34.0. The van der Waals surface area contributed by atoms with Gasteiger partial charge in [-0.1, -0.05) is 80.9 Å². The summed E-state index contributed by atoms with van der Waals surface area (Å²) in [5.41, 5.74) is 9.75. The zero-order valence-corrected chi connectivity index (χ0v) is 32.6. The summed E-state index contributed by atoms with van der Waals surface area (Å²) in [5.74, 6) is 2.07. The Kier molecular flexibility index (Phi) is 8.13. The van der Waals surface area contributed by atoms with E-state index in [1.165, 1.54) is 27.4 Å². The fraction of sp³-hybridized carbons (Fsp3) is 0.106. The van der Waals surface area contributed by atoms with Crippen LogP contribution in [-0.2, 0) is 33.5 Å². The Morgan fingerprint density at radius 1 is 0.648 bits per heavy atom.